The van der Waals surface area contributed by atoms with Crippen LogP contribution in [0.1, 0.15) is 19.4 Å². The zero-order valence-electron chi connectivity index (χ0n) is 17.4. The summed E-state index contributed by atoms with van der Waals surface area (Å²) >= 11 is 0. The van der Waals surface area contributed by atoms with E-state index in [0.717, 1.165) is 46.8 Å². The van der Waals surface area contributed by atoms with Crippen molar-refractivity contribution < 1.29 is 0 Å². The second-order valence-corrected chi connectivity index (χ2v) is 7.20. The summed E-state index contributed by atoms with van der Waals surface area (Å²) in [4.78, 5) is 15.8. The van der Waals surface area contributed by atoms with Crippen LogP contribution >= 0.6 is 0 Å². The van der Waals surface area contributed by atoms with Crippen LogP contribution in [0.3, 0.4) is 0 Å². The van der Waals surface area contributed by atoms with Crippen LogP contribution in [-0.4, -0.2) is 40.2 Å². The number of nitrogens with zero attached hydrogens (tertiary/aromatic N) is 5. The summed E-state index contributed by atoms with van der Waals surface area (Å²) in [6.07, 6.45) is 1.61. The van der Waals surface area contributed by atoms with Crippen molar-refractivity contribution >= 4 is 39.4 Å². The van der Waals surface area contributed by atoms with Gasteiger partial charge in [-0.25, -0.2) is 15.0 Å². The molecule has 2 aromatic carbocycles. The van der Waals surface area contributed by atoms with Crippen molar-refractivity contribution in [2.75, 3.05) is 36.2 Å². The van der Waals surface area contributed by atoms with E-state index in [0.29, 0.717) is 6.54 Å². The van der Waals surface area contributed by atoms with E-state index < -0.39 is 0 Å². The van der Waals surface area contributed by atoms with E-state index >= 15 is 0 Å². The van der Waals surface area contributed by atoms with Crippen molar-refractivity contribution in [2.24, 2.45) is 0 Å². The van der Waals surface area contributed by atoms with E-state index in [4.69, 9.17) is 4.98 Å². The molecule has 0 aliphatic rings. The lowest BCUT2D eigenvalue weighted by atomic mass is 10.2. The van der Waals surface area contributed by atoms with Crippen molar-refractivity contribution in [2.45, 2.75) is 26.9 Å². The molecule has 7 nitrogen and oxygen atoms in total. The zero-order valence-corrected chi connectivity index (χ0v) is 17.4. The summed E-state index contributed by atoms with van der Waals surface area (Å²) in [5.41, 5.74) is 5.33. The molecule has 0 atom stereocenters. The van der Waals surface area contributed by atoms with Gasteiger partial charge in [0, 0.05) is 44.8 Å². The Labute approximate surface area is 170 Å². The lowest BCUT2D eigenvalue weighted by Gasteiger charge is -2.13. The van der Waals surface area contributed by atoms with E-state index in [1.807, 2.05) is 14.1 Å². The van der Waals surface area contributed by atoms with Crippen molar-refractivity contribution in [3.8, 4) is 0 Å². The van der Waals surface area contributed by atoms with Gasteiger partial charge < -0.3 is 20.1 Å². The van der Waals surface area contributed by atoms with E-state index in [9.17, 15) is 0 Å². The lowest BCUT2D eigenvalue weighted by molar-refractivity contribution is 0.790. The van der Waals surface area contributed by atoms with Crippen LogP contribution in [0.4, 0.5) is 17.5 Å². The summed E-state index contributed by atoms with van der Waals surface area (Å²) in [5, 5.41) is 7.78. The van der Waals surface area contributed by atoms with Gasteiger partial charge in [-0.1, -0.05) is 12.1 Å². The van der Waals surface area contributed by atoms with Gasteiger partial charge in [-0.05, 0) is 43.7 Å². The fourth-order valence-corrected chi connectivity index (χ4v) is 3.53. The monoisotopic (exact) mass is 389 g/mol. The number of hydrogen-bond acceptors (Lipinski definition) is 6. The molecule has 29 heavy (non-hydrogen) atoms. The van der Waals surface area contributed by atoms with Gasteiger partial charge in [0.05, 0.1) is 16.6 Å². The van der Waals surface area contributed by atoms with Crippen LogP contribution < -0.4 is 15.5 Å². The first-order chi connectivity index (χ1) is 14.1. The molecule has 0 spiro atoms. The Morgan fingerprint density at radius 2 is 1.76 bits per heavy atom. The van der Waals surface area contributed by atoms with Crippen molar-refractivity contribution in [3.05, 3.63) is 48.3 Å². The van der Waals surface area contributed by atoms with E-state index in [1.54, 1.807) is 6.33 Å². The van der Waals surface area contributed by atoms with Crippen LogP contribution in [0.25, 0.3) is 21.9 Å². The second kappa shape index (κ2) is 7.95. The lowest BCUT2D eigenvalue weighted by Crippen LogP contribution is -2.08. The molecule has 4 aromatic rings. The van der Waals surface area contributed by atoms with Crippen LogP contribution in [-0.2, 0) is 13.1 Å². The largest absolute Gasteiger partial charge is 0.378 e. The van der Waals surface area contributed by atoms with E-state index in [1.165, 1.54) is 11.3 Å². The first kappa shape index (κ1) is 19.0. The molecule has 7 heteroatoms. The van der Waals surface area contributed by atoms with Crippen LogP contribution in [0.15, 0.2) is 42.7 Å². The molecule has 0 radical (unpaired) electrons. The topological polar surface area (TPSA) is 70.9 Å². The molecule has 2 heterocycles. The van der Waals surface area contributed by atoms with Crippen LogP contribution in [0, 0.1) is 0 Å². The van der Waals surface area contributed by atoms with Gasteiger partial charge >= 0.3 is 0 Å². The summed E-state index contributed by atoms with van der Waals surface area (Å²) in [5.74, 6) is 1.72. The average Bonchev–Trinajstić information content (AvgIpc) is 3.07. The molecule has 0 saturated heterocycles. The fraction of sp³-hybridized carbons (Fsp3) is 0.318. The Morgan fingerprint density at radius 1 is 0.966 bits per heavy atom. The van der Waals surface area contributed by atoms with Crippen molar-refractivity contribution in [3.63, 3.8) is 0 Å². The third-order valence-electron chi connectivity index (χ3n) is 5.07. The minimum Gasteiger partial charge on any atom is -0.378 e. The number of anilines is 3. The van der Waals surface area contributed by atoms with Gasteiger partial charge in [0.2, 0.25) is 5.95 Å². The van der Waals surface area contributed by atoms with Crippen molar-refractivity contribution in [1.29, 1.82) is 0 Å². The maximum Gasteiger partial charge on any atom is 0.203 e. The number of fused-ring (bicyclic) bond motifs is 2. The maximum atomic E-state index is 4.77. The minimum atomic E-state index is 0.698. The van der Waals surface area contributed by atoms with Gasteiger partial charge in [-0.3, -0.25) is 0 Å². The first-order valence-corrected chi connectivity index (χ1v) is 9.99. The summed E-state index contributed by atoms with van der Waals surface area (Å²) in [7, 11) is 4.09. The summed E-state index contributed by atoms with van der Waals surface area (Å²) < 4.78 is 2.18. The second-order valence-electron chi connectivity index (χ2n) is 7.20. The number of aryl methyl sites for hydroxylation is 1. The number of imidazole rings is 1. The molecular weight excluding hydrogens is 362 g/mol. The zero-order chi connectivity index (χ0) is 20.4. The Balaban J connectivity index is 1.66. The van der Waals surface area contributed by atoms with Gasteiger partial charge in [-0.2, -0.15) is 0 Å². The molecule has 0 amide bonds. The highest BCUT2D eigenvalue weighted by Gasteiger charge is 2.13. The Bertz CT molecular complexity index is 1130. The number of hydrogen-bond donors (Lipinski definition) is 2. The van der Waals surface area contributed by atoms with E-state index in [-0.39, 0.29) is 0 Å². The maximum absolute atomic E-state index is 4.77. The Hall–Kier alpha value is -3.35. The third kappa shape index (κ3) is 3.68. The molecule has 0 unspecified atom stereocenters. The molecule has 2 aromatic heterocycles. The minimum absolute atomic E-state index is 0.698. The highest BCUT2D eigenvalue weighted by atomic mass is 15.2. The highest BCUT2D eigenvalue weighted by Crippen LogP contribution is 2.28. The molecule has 0 aliphatic heterocycles. The Kier molecular flexibility index (Phi) is 5.20. The Morgan fingerprint density at radius 3 is 2.45 bits per heavy atom. The SMILES string of the molecule is CCNc1nc2cc3c(NCc4ccc(N(C)C)cc4)ncnc3cc2n1CC. The average molecular weight is 390 g/mol. The number of nitrogens with one attached hydrogen (secondary N) is 2. The predicted octanol–water partition coefficient (Wildman–Crippen LogP) is 4.11. The third-order valence-corrected chi connectivity index (χ3v) is 5.07. The van der Waals surface area contributed by atoms with E-state index in [2.05, 4.69) is 80.3 Å². The fourth-order valence-electron chi connectivity index (χ4n) is 3.53. The van der Waals surface area contributed by atoms with Crippen molar-refractivity contribution in [1.82, 2.24) is 19.5 Å². The molecule has 0 saturated carbocycles. The normalized spacial score (nSPS) is 11.2. The first-order valence-electron chi connectivity index (χ1n) is 9.99. The van der Waals surface area contributed by atoms with Gasteiger partial charge in [0.15, 0.2) is 0 Å². The quantitative estimate of drug-likeness (QED) is 0.496. The number of rotatable bonds is 7. The molecule has 0 fully saturated rings. The molecule has 150 valence electrons. The van der Waals surface area contributed by atoms with Gasteiger partial charge in [-0.15, -0.1) is 0 Å². The van der Waals surface area contributed by atoms with Gasteiger partial charge in [0.1, 0.15) is 12.1 Å². The number of aromatic nitrogens is 4. The van der Waals surface area contributed by atoms with Gasteiger partial charge in [0.25, 0.3) is 0 Å². The molecule has 0 bridgehead atoms. The number of benzene rings is 2. The summed E-state index contributed by atoms with van der Waals surface area (Å²) in [6.45, 7) is 6.59. The molecule has 0 aliphatic carbocycles. The summed E-state index contributed by atoms with van der Waals surface area (Å²) in [6, 6.07) is 12.7. The van der Waals surface area contributed by atoms with Crippen LogP contribution in [0.5, 0.6) is 0 Å². The van der Waals surface area contributed by atoms with Crippen LogP contribution in [0.2, 0.25) is 0 Å². The standard InChI is InChI=1S/C22H27N7/c1-5-23-22-27-19-11-17-18(12-20(19)29(22)6-2)25-14-26-21(17)24-13-15-7-9-16(10-8-15)28(3)4/h7-12,14H,5-6,13H2,1-4H3,(H,23,27)(H,24,25,26). The highest BCUT2D eigenvalue weighted by molar-refractivity contribution is 5.99. The molecular formula is C22H27N7. The molecule has 2 N–H and O–H groups in total. The smallest absolute Gasteiger partial charge is 0.203 e. The molecule has 4 rings (SSSR count). The predicted molar refractivity (Wildman–Crippen MR) is 121 cm³/mol.